The predicted molar refractivity (Wildman–Crippen MR) is 217 cm³/mol. The van der Waals surface area contributed by atoms with Crippen LogP contribution in [0.5, 0.6) is 0 Å². The number of allylic oxidation sites excluding steroid dienone is 5. The first kappa shape index (κ1) is 36.4. The number of aryl methyl sites for hydroxylation is 3. The van der Waals surface area contributed by atoms with Crippen LogP contribution < -0.4 is 0 Å². The fourth-order valence-electron chi connectivity index (χ4n) is 5.83. The van der Waals surface area contributed by atoms with Crippen molar-refractivity contribution >= 4 is 16.7 Å². The van der Waals surface area contributed by atoms with Gasteiger partial charge in [-0.1, -0.05) is 182 Å². The maximum Gasteiger partial charge on any atom is -0.00701 e. The molecule has 0 amide bonds. The van der Waals surface area contributed by atoms with E-state index in [0.717, 1.165) is 5.57 Å². The number of rotatable bonds is 6. The zero-order valence-corrected chi connectivity index (χ0v) is 30.3. The van der Waals surface area contributed by atoms with Crippen LogP contribution in [0.3, 0.4) is 0 Å². The van der Waals surface area contributed by atoms with E-state index in [9.17, 15) is 0 Å². The van der Waals surface area contributed by atoms with Gasteiger partial charge in [-0.25, -0.2) is 0 Å². The summed E-state index contributed by atoms with van der Waals surface area (Å²) in [4.78, 5) is 0. The van der Waals surface area contributed by atoms with Gasteiger partial charge in [-0.15, -0.1) is 0 Å². The van der Waals surface area contributed by atoms with E-state index >= 15 is 0 Å². The lowest BCUT2D eigenvalue weighted by molar-refractivity contribution is 1.26. The molecule has 0 heterocycles. The van der Waals surface area contributed by atoms with E-state index in [1.165, 1.54) is 72.4 Å². The standard InChI is InChI=1S/C26H24.C16H18.C7H8/c1-20(2)19-25(23-15-9-5-10-16-23)26(24-17-11-6-12-18-24)21(3)22-13-7-4-8-14-22;1-11-9-10-16(14(4)13(11)3)15-8-6-5-7-12(15)2;1-7-5-3-2-4-6-7/h4-19H,1H2,2-3H3;5-10H,1-4H3;2-6H,1H3/b25-19-,26-21+;;. The van der Waals surface area contributed by atoms with Gasteiger partial charge in [0.05, 0.1) is 0 Å². The Kier molecular flexibility index (Phi) is 13.5. The van der Waals surface area contributed by atoms with Gasteiger partial charge in [-0.3, -0.25) is 0 Å². The van der Waals surface area contributed by atoms with Crippen molar-refractivity contribution < 1.29 is 0 Å². The third-order valence-electron chi connectivity index (χ3n) is 8.82. The van der Waals surface area contributed by atoms with Crippen LogP contribution in [-0.2, 0) is 0 Å². The summed E-state index contributed by atoms with van der Waals surface area (Å²) in [6.07, 6.45) is 2.18. The van der Waals surface area contributed by atoms with Crippen LogP contribution in [0.2, 0.25) is 0 Å². The second kappa shape index (κ2) is 18.2. The van der Waals surface area contributed by atoms with Gasteiger partial charge in [0.2, 0.25) is 0 Å². The van der Waals surface area contributed by atoms with Crippen molar-refractivity contribution in [1.29, 1.82) is 0 Å². The maximum absolute atomic E-state index is 4.13. The Bertz CT molecular complexity index is 1990. The van der Waals surface area contributed by atoms with Gasteiger partial charge in [0.25, 0.3) is 0 Å². The maximum atomic E-state index is 4.13. The smallest absolute Gasteiger partial charge is 0.00701 e. The van der Waals surface area contributed by atoms with E-state index in [4.69, 9.17) is 0 Å². The van der Waals surface area contributed by atoms with Crippen LogP contribution in [0.15, 0.2) is 176 Å². The van der Waals surface area contributed by atoms with Gasteiger partial charge in [0, 0.05) is 0 Å². The topological polar surface area (TPSA) is 0 Å². The van der Waals surface area contributed by atoms with Gasteiger partial charge in [-0.2, -0.15) is 0 Å². The first-order valence-electron chi connectivity index (χ1n) is 17.1. The Balaban J connectivity index is 0.000000198. The molecule has 0 atom stereocenters. The molecule has 0 radical (unpaired) electrons. The average molecular weight is 639 g/mol. The molecule has 0 aromatic heterocycles. The molecule has 0 saturated heterocycles. The summed E-state index contributed by atoms with van der Waals surface area (Å²) in [6.45, 7) is 19.2. The molecule has 6 rings (SSSR count). The lowest BCUT2D eigenvalue weighted by Crippen LogP contribution is -1.95. The van der Waals surface area contributed by atoms with Crippen LogP contribution in [0.25, 0.3) is 27.8 Å². The fraction of sp³-hybridized carbons (Fsp3) is 0.143. The van der Waals surface area contributed by atoms with Crippen molar-refractivity contribution in [1.82, 2.24) is 0 Å². The third-order valence-corrected chi connectivity index (χ3v) is 8.82. The molecule has 0 unspecified atom stereocenters. The largest absolute Gasteiger partial charge is 0.0961 e. The molecule has 0 spiro atoms. The van der Waals surface area contributed by atoms with E-state index in [1.807, 2.05) is 25.1 Å². The number of benzene rings is 6. The van der Waals surface area contributed by atoms with E-state index in [1.54, 1.807) is 0 Å². The summed E-state index contributed by atoms with van der Waals surface area (Å²) in [7, 11) is 0. The Hall–Kier alpha value is -5.46. The highest BCUT2D eigenvalue weighted by Gasteiger charge is 2.15. The Labute approximate surface area is 295 Å². The zero-order chi connectivity index (χ0) is 35.2. The van der Waals surface area contributed by atoms with Gasteiger partial charge < -0.3 is 0 Å². The highest BCUT2D eigenvalue weighted by atomic mass is 14.2. The number of hydrogen-bond donors (Lipinski definition) is 0. The predicted octanol–water partition coefficient (Wildman–Crippen LogP) is 13.9. The third kappa shape index (κ3) is 10.3. The van der Waals surface area contributed by atoms with E-state index in [2.05, 4.69) is 194 Å². The van der Waals surface area contributed by atoms with Gasteiger partial charge in [0.1, 0.15) is 0 Å². The van der Waals surface area contributed by atoms with Crippen LogP contribution in [-0.4, -0.2) is 0 Å². The first-order valence-corrected chi connectivity index (χ1v) is 17.1. The molecule has 0 aliphatic carbocycles. The molecule has 0 nitrogen and oxygen atoms in total. The summed E-state index contributed by atoms with van der Waals surface area (Å²) >= 11 is 0. The zero-order valence-electron chi connectivity index (χ0n) is 30.3. The molecule has 0 bridgehead atoms. The molecule has 49 heavy (non-hydrogen) atoms. The average Bonchev–Trinajstić information content (AvgIpc) is 3.13. The first-order chi connectivity index (χ1) is 23.7. The molecule has 246 valence electrons. The quantitative estimate of drug-likeness (QED) is 0.126. The molecule has 0 saturated carbocycles. The van der Waals surface area contributed by atoms with E-state index < -0.39 is 0 Å². The molecule has 0 aliphatic heterocycles. The Morgan fingerprint density at radius 3 is 1.39 bits per heavy atom. The molecule has 0 heteroatoms. The van der Waals surface area contributed by atoms with Crippen LogP contribution in [0, 0.1) is 34.6 Å². The SMILES string of the molecule is C=C(C)/C=C(\C(=C(/C)c1ccccc1)c1ccccc1)c1ccccc1.Cc1ccccc1.Cc1ccccc1-c1ccc(C)c(C)c1C. The van der Waals surface area contributed by atoms with Gasteiger partial charge in [-0.05, 0) is 115 Å². The monoisotopic (exact) mass is 638 g/mol. The molecular formula is C49H50. The molecular weight excluding hydrogens is 589 g/mol. The normalized spacial score (nSPS) is 11.3. The summed E-state index contributed by atoms with van der Waals surface area (Å²) < 4.78 is 0. The molecule has 0 fully saturated rings. The second-order valence-corrected chi connectivity index (χ2v) is 12.7. The minimum atomic E-state index is 1.04. The summed E-state index contributed by atoms with van der Waals surface area (Å²) in [6, 6.07) is 55.0. The van der Waals surface area contributed by atoms with E-state index in [0.29, 0.717) is 0 Å². The Morgan fingerprint density at radius 2 is 0.898 bits per heavy atom. The van der Waals surface area contributed by atoms with Crippen molar-refractivity contribution in [2.75, 3.05) is 0 Å². The van der Waals surface area contributed by atoms with Crippen molar-refractivity contribution in [3.8, 4) is 11.1 Å². The van der Waals surface area contributed by atoms with Gasteiger partial charge >= 0.3 is 0 Å². The van der Waals surface area contributed by atoms with Crippen LogP contribution >= 0.6 is 0 Å². The summed E-state index contributed by atoms with van der Waals surface area (Å²) in [5.74, 6) is 0. The van der Waals surface area contributed by atoms with E-state index in [-0.39, 0.29) is 0 Å². The van der Waals surface area contributed by atoms with Crippen molar-refractivity contribution in [2.24, 2.45) is 0 Å². The van der Waals surface area contributed by atoms with Gasteiger partial charge in [0.15, 0.2) is 0 Å². The lowest BCUT2D eigenvalue weighted by atomic mass is 9.86. The van der Waals surface area contributed by atoms with Crippen molar-refractivity contribution in [3.05, 3.63) is 220 Å². The fourth-order valence-corrected chi connectivity index (χ4v) is 5.83. The minimum absolute atomic E-state index is 1.04. The molecule has 6 aromatic carbocycles. The molecule has 0 N–H and O–H groups in total. The Morgan fingerprint density at radius 1 is 0.429 bits per heavy atom. The summed E-state index contributed by atoms with van der Waals surface area (Å²) in [5.41, 5.74) is 17.9. The lowest BCUT2D eigenvalue weighted by Gasteiger charge is -2.18. The highest BCUT2D eigenvalue weighted by Crippen LogP contribution is 2.38. The highest BCUT2D eigenvalue weighted by molar-refractivity contribution is 6.14. The van der Waals surface area contributed by atoms with Crippen LogP contribution in [0.1, 0.15) is 58.4 Å². The van der Waals surface area contributed by atoms with Crippen molar-refractivity contribution in [3.63, 3.8) is 0 Å². The molecule has 0 aliphatic rings. The van der Waals surface area contributed by atoms with Crippen LogP contribution in [0.4, 0.5) is 0 Å². The molecule has 6 aromatic rings. The van der Waals surface area contributed by atoms with Crippen molar-refractivity contribution in [2.45, 2.75) is 48.5 Å². The second-order valence-electron chi connectivity index (χ2n) is 12.7. The minimum Gasteiger partial charge on any atom is -0.0961 e. The summed E-state index contributed by atoms with van der Waals surface area (Å²) in [5, 5.41) is 0. The number of hydrogen-bond acceptors (Lipinski definition) is 0.